The van der Waals surface area contributed by atoms with Gasteiger partial charge in [0.2, 0.25) is 0 Å². The summed E-state index contributed by atoms with van der Waals surface area (Å²) >= 11 is 0. The summed E-state index contributed by atoms with van der Waals surface area (Å²) in [4.78, 5) is 3.99. The number of nitrogens with zero attached hydrogens (tertiary/aromatic N) is 3. The maximum Gasteiger partial charge on any atom is 0.262 e. The highest BCUT2D eigenvalue weighted by molar-refractivity contribution is 7.89. The summed E-state index contributed by atoms with van der Waals surface area (Å²) in [5, 5.41) is 0.133. The summed E-state index contributed by atoms with van der Waals surface area (Å²) in [6.07, 6.45) is 3.95. The molecular weight excluding hydrogens is 252 g/mol. The van der Waals surface area contributed by atoms with Crippen LogP contribution in [0.5, 0.6) is 0 Å². The smallest absolute Gasteiger partial charge is 0.262 e. The van der Waals surface area contributed by atoms with Crippen LogP contribution in [0.1, 0.15) is 20.3 Å². The van der Waals surface area contributed by atoms with Crippen molar-refractivity contribution in [1.82, 2.24) is 13.9 Å². The highest BCUT2D eigenvalue weighted by Crippen LogP contribution is 2.28. The Morgan fingerprint density at radius 2 is 2.28 bits per heavy atom. The first kappa shape index (κ1) is 13.5. The van der Waals surface area contributed by atoms with Gasteiger partial charge >= 0.3 is 0 Å². The van der Waals surface area contributed by atoms with Crippen molar-refractivity contribution in [3.8, 4) is 0 Å². The lowest BCUT2D eigenvalue weighted by Crippen LogP contribution is -2.34. The van der Waals surface area contributed by atoms with E-state index in [0.717, 1.165) is 6.42 Å². The summed E-state index contributed by atoms with van der Waals surface area (Å²) in [5.41, 5.74) is 5.62. The van der Waals surface area contributed by atoms with Crippen LogP contribution in [0.25, 0.3) is 0 Å². The van der Waals surface area contributed by atoms with Crippen LogP contribution in [0.15, 0.2) is 17.6 Å². The van der Waals surface area contributed by atoms with E-state index in [0.29, 0.717) is 19.6 Å². The molecule has 18 heavy (non-hydrogen) atoms. The molecule has 1 aromatic heterocycles. The van der Waals surface area contributed by atoms with E-state index in [1.54, 1.807) is 17.1 Å². The van der Waals surface area contributed by atoms with Gasteiger partial charge in [-0.1, -0.05) is 0 Å². The summed E-state index contributed by atoms with van der Waals surface area (Å²) in [6.45, 7) is 5.60. The third-order valence-electron chi connectivity index (χ3n) is 3.49. The molecule has 0 amide bonds. The van der Waals surface area contributed by atoms with E-state index in [1.165, 1.54) is 4.31 Å². The van der Waals surface area contributed by atoms with E-state index in [2.05, 4.69) is 4.98 Å². The van der Waals surface area contributed by atoms with Gasteiger partial charge in [-0.2, -0.15) is 4.31 Å². The van der Waals surface area contributed by atoms with Gasteiger partial charge in [0, 0.05) is 25.3 Å². The number of imidazole rings is 1. The summed E-state index contributed by atoms with van der Waals surface area (Å²) in [5.74, 6) is 0.253. The second-order valence-corrected chi connectivity index (χ2v) is 6.64. The molecule has 1 saturated heterocycles. The van der Waals surface area contributed by atoms with E-state index in [1.807, 2.05) is 13.8 Å². The van der Waals surface area contributed by atoms with Crippen LogP contribution in [-0.4, -0.2) is 41.4 Å². The Hall–Kier alpha value is -0.920. The van der Waals surface area contributed by atoms with Crippen LogP contribution >= 0.6 is 0 Å². The predicted octanol–water partition coefficient (Wildman–Crippen LogP) is 0.261. The molecule has 0 aliphatic carbocycles. The zero-order chi connectivity index (χ0) is 13.3. The van der Waals surface area contributed by atoms with Crippen molar-refractivity contribution in [2.24, 2.45) is 11.7 Å². The molecule has 7 heteroatoms. The van der Waals surface area contributed by atoms with Gasteiger partial charge in [0.05, 0.1) is 6.33 Å². The molecule has 2 heterocycles. The third kappa shape index (κ3) is 2.30. The monoisotopic (exact) mass is 272 g/mol. The average molecular weight is 272 g/mol. The molecule has 2 rings (SSSR count). The Kier molecular flexibility index (Phi) is 3.74. The average Bonchev–Trinajstić information content (AvgIpc) is 2.95. The van der Waals surface area contributed by atoms with Gasteiger partial charge in [-0.05, 0) is 32.7 Å². The molecule has 0 radical (unpaired) electrons. The molecule has 0 saturated carbocycles. The topological polar surface area (TPSA) is 81.2 Å². The Morgan fingerprint density at radius 1 is 1.56 bits per heavy atom. The fraction of sp³-hybridized carbons (Fsp3) is 0.727. The molecule has 0 spiro atoms. The van der Waals surface area contributed by atoms with Gasteiger partial charge in [0.1, 0.15) is 0 Å². The Labute approximate surface area is 108 Å². The fourth-order valence-corrected chi connectivity index (χ4v) is 4.04. The second kappa shape index (κ2) is 4.99. The molecule has 0 aromatic carbocycles. The second-order valence-electron chi connectivity index (χ2n) is 4.80. The van der Waals surface area contributed by atoms with Crippen LogP contribution in [0.3, 0.4) is 0 Å². The summed E-state index contributed by atoms with van der Waals surface area (Å²) in [6, 6.07) is -0.00433. The van der Waals surface area contributed by atoms with Crippen molar-refractivity contribution >= 4 is 10.0 Å². The van der Waals surface area contributed by atoms with E-state index in [9.17, 15) is 8.42 Å². The van der Waals surface area contributed by atoms with E-state index >= 15 is 0 Å². The van der Waals surface area contributed by atoms with Gasteiger partial charge in [0.25, 0.3) is 10.0 Å². The maximum absolute atomic E-state index is 12.4. The minimum absolute atomic E-state index is 0.00433. The quantitative estimate of drug-likeness (QED) is 0.852. The predicted molar refractivity (Wildman–Crippen MR) is 68.4 cm³/mol. The van der Waals surface area contributed by atoms with Crippen molar-refractivity contribution in [3.05, 3.63) is 12.5 Å². The lowest BCUT2D eigenvalue weighted by molar-refractivity contribution is 0.403. The third-order valence-corrected chi connectivity index (χ3v) is 5.35. The van der Waals surface area contributed by atoms with Crippen LogP contribution in [-0.2, 0) is 16.6 Å². The fourth-order valence-electron chi connectivity index (χ4n) is 2.38. The highest BCUT2D eigenvalue weighted by atomic mass is 32.2. The number of aryl methyl sites for hydroxylation is 1. The number of nitrogens with two attached hydrogens (primary N) is 1. The van der Waals surface area contributed by atoms with Crippen LogP contribution in [0.2, 0.25) is 0 Å². The van der Waals surface area contributed by atoms with Crippen molar-refractivity contribution in [2.45, 2.75) is 37.9 Å². The first-order valence-electron chi connectivity index (χ1n) is 6.22. The minimum atomic E-state index is -3.47. The Balaban J connectivity index is 2.26. The summed E-state index contributed by atoms with van der Waals surface area (Å²) < 4.78 is 28.2. The number of sulfonamides is 1. The number of hydrogen-bond donors (Lipinski definition) is 1. The number of aromatic nitrogens is 2. The first-order valence-corrected chi connectivity index (χ1v) is 7.66. The van der Waals surface area contributed by atoms with Crippen molar-refractivity contribution in [2.75, 3.05) is 13.1 Å². The molecule has 102 valence electrons. The SMILES string of the molecule is CCn1cnc(S(=O)(=O)N2CC(CN)CC2C)c1. The van der Waals surface area contributed by atoms with E-state index in [4.69, 9.17) is 5.73 Å². The van der Waals surface area contributed by atoms with E-state index in [-0.39, 0.29) is 17.0 Å². The molecule has 0 bridgehead atoms. The minimum Gasteiger partial charge on any atom is -0.336 e. The molecule has 2 unspecified atom stereocenters. The zero-order valence-electron chi connectivity index (χ0n) is 10.8. The number of hydrogen-bond acceptors (Lipinski definition) is 4. The summed E-state index contributed by atoms with van der Waals surface area (Å²) in [7, 11) is -3.47. The largest absolute Gasteiger partial charge is 0.336 e. The molecular formula is C11H20N4O2S. The molecule has 6 nitrogen and oxygen atoms in total. The molecule has 1 aliphatic heterocycles. The normalized spacial score (nSPS) is 25.7. The van der Waals surface area contributed by atoms with Gasteiger partial charge in [0.15, 0.2) is 5.03 Å². The maximum atomic E-state index is 12.4. The van der Waals surface area contributed by atoms with Crippen LogP contribution in [0.4, 0.5) is 0 Å². The van der Waals surface area contributed by atoms with Gasteiger partial charge in [-0.15, -0.1) is 0 Å². The van der Waals surface area contributed by atoms with Crippen molar-refractivity contribution < 1.29 is 8.42 Å². The molecule has 2 atom stereocenters. The lowest BCUT2D eigenvalue weighted by atomic mass is 10.1. The first-order chi connectivity index (χ1) is 8.48. The highest BCUT2D eigenvalue weighted by Gasteiger charge is 2.38. The van der Waals surface area contributed by atoms with Crippen LogP contribution < -0.4 is 5.73 Å². The van der Waals surface area contributed by atoms with Crippen LogP contribution in [0, 0.1) is 5.92 Å². The molecule has 1 fully saturated rings. The van der Waals surface area contributed by atoms with Gasteiger partial charge in [-0.25, -0.2) is 13.4 Å². The lowest BCUT2D eigenvalue weighted by Gasteiger charge is -2.19. The molecule has 1 aromatic rings. The van der Waals surface area contributed by atoms with E-state index < -0.39 is 10.0 Å². The Bertz CT molecular complexity index is 511. The Morgan fingerprint density at radius 3 is 2.78 bits per heavy atom. The standard InChI is InChI=1S/C11H20N4O2S/c1-3-14-7-11(13-8-14)18(16,17)15-6-10(5-12)4-9(15)2/h7-10H,3-6,12H2,1-2H3. The van der Waals surface area contributed by atoms with Crippen molar-refractivity contribution in [3.63, 3.8) is 0 Å². The van der Waals surface area contributed by atoms with Gasteiger partial charge in [-0.3, -0.25) is 0 Å². The molecule has 1 aliphatic rings. The van der Waals surface area contributed by atoms with Gasteiger partial charge < -0.3 is 10.3 Å². The molecule has 2 N–H and O–H groups in total. The number of rotatable bonds is 4. The zero-order valence-corrected chi connectivity index (χ0v) is 11.6. The van der Waals surface area contributed by atoms with Crippen molar-refractivity contribution in [1.29, 1.82) is 0 Å².